The van der Waals surface area contributed by atoms with Crippen molar-refractivity contribution in [3.05, 3.63) is 21.9 Å². The lowest BCUT2D eigenvalue weighted by Gasteiger charge is -2.03. The maximum absolute atomic E-state index is 11.4. The highest BCUT2D eigenvalue weighted by Crippen LogP contribution is 2.22. The molecule has 7 heteroatoms. The summed E-state index contributed by atoms with van der Waals surface area (Å²) < 4.78 is 5.90. The van der Waals surface area contributed by atoms with Crippen LogP contribution in [0.15, 0.2) is 6.20 Å². The third-order valence-electron chi connectivity index (χ3n) is 1.93. The molecule has 7 nitrogen and oxygen atoms in total. The normalized spacial score (nSPS) is 10.5. The number of rotatable bonds is 4. The Bertz CT molecular complexity index is 411. The molecule has 0 aliphatic rings. The zero-order valence-corrected chi connectivity index (χ0v) is 9.34. The van der Waals surface area contributed by atoms with Crippen molar-refractivity contribution >= 4 is 11.8 Å². The van der Waals surface area contributed by atoms with Crippen LogP contribution in [-0.4, -0.2) is 27.3 Å². The maximum Gasteiger partial charge on any atom is 0.359 e. The van der Waals surface area contributed by atoms with Crippen LogP contribution in [0.1, 0.15) is 37.2 Å². The van der Waals surface area contributed by atoms with Gasteiger partial charge in [-0.05, 0) is 25.7 Å². The van der Waals surface area contributed by atoms with Gasteiger partial charge in [-0.2, -0.15) is 0 Å². The number of nitrogens with zero attached hydrogens (tertiary/aromatic N) is 3. The molecule has 0 aliphatic heterocycles. The summed E-state index contributed by atoms with van der Waals surface area (Å²) in [4.78, 5) is 21.7. The van der Waals surface area contributed by atoms with Crippen molar-refractivity contribution < 1.29 is 14.5 Å². The van der Waals surface area contributed by atoms with Gasteiger partial charge in [0, 0.05) is 0 Å². The molecule has 0 atom stereocenters. The number of hydrogen-bond acceptors (Lipinski definition) is 5. The molecule has 0 aliphatic carbocycles. The van der Waals surface area contributed by atoms with E-state index in [1.807, 2.05) is 0 Å². The van der Waals surface area contributed by atoms with Crippen molar-refractivity contribution in [1.29, 1.82) is 0 Å². The number of esters is 1. The van der Waals surface area contributed by atoms with E-state index in [0.29, 0.717) is 0 Å². The fraction of sp³-hybridized carbons (Fsp3) is 0.556. The summed E-state index contributed by atoms with van der Waals surface area (Å²) in [6.45, 7) is 5.29. The van der Waals surface area contributed by atoms with E-state index in [4.69, 9.17) is 4.74 Å². The third kappa shape index (κ3) is 2.18. The molecule has 1 heterocycles. The van der Waals surface area contributed by atoms with Gasteiger partial charge in [0.1, 0.15) is 6.04 Å². The Morgan fingerprint density at radius 2 is 2.31 bits per heavy atom. The number of carbonyl (C=O) groups excluding carboxylic acids is 1. The van der Waals surface area contributed by atoms with Crippen molar-refractivity contribution in [1.82, 2.24) is 9.78 Å². The molecule has 0 saturated heterocycles. The molecule has 0 bridgehead atoms. The van der Waals surface area contributed by atoms with Crippen molar-refractivity contribution in [2.24, 2.45) is 0 Å². The minimum Gasteiger partial charge on any atom is -0.462 e. The molecule has 0 N–H and O–H groups in total. The lowest BCUT2D eigenvalue weighted by atomic mass is 10.3. The zero-order chi connectivity index (χ0) is 12.3. The summed E-state index contributed by atoms with van der Waals surface area (Å²) in [5, 5.41) is 14.7. The van der Waals surface area contributed by atoms with E-state index in [1.54, 1.807) is 20.8 Å². The van der Waals surface area contributed by atoms with Crippen LogP contribution in [0.5, 0.6) is 0 Å². The highest BCUT2D eigenvalue weighted by Gasteiger charge is 2.29. The smallest absolute Gasteiger partial charge is 0.359 e. The molecule has 0 unspecified atom stereocenters. The molecule has 0 amide bonds. The van der Waals surface area contributed by atoms with Gasteiger partial charge in [0.2, 0.25) is 0 Å². The standard InChI is InChI=1S/C9H13N3O4/c1-4-16-9(13)7-5-10-11(6(2)3)8(7)12(14)15/h5-6H,4H2,1-3H3. The molecule has 16 heavy (non-hydrogen) atoms. The minimum absolute atomic E-state index is 0.111. The van der Waals surface area contributed by atoms with Gasteiger partial charge >= 0.3 is 11.8 Å². The van der Waals surface area contributed by atoms with Gasteiger partial charge in [0.25, 0.3) is 0 Å². The molecule has 0 spiro atoms. The van der Waals surface area contributed by atoms with Crippen LogP contribution in [0.2, 0.25) is 0 Å². The molecule has 88 valence electrons. The van der Waals surface area contributed by atoms with Crippen LogP contribution in [0.25, 0.3) is 0 Å². The molecule has 0 fully saturated rings. The topological polar surface area (TPSA) is 87.3 Å². The first-order valence-corrected chi connectivity index (χ1v) is 4.88. The zero-order valence-electron chi connectivity index (χ0n) is 9.34. The van der Waals surface area contributed by atoms with Gasteiger partial charge in [-0.1, -0.05) is 5.10 Å². The van der Waals surface area contributed by atoms with Crippen LogP contribution < -0.4 is 0 Å². The monoisotopic (exact) mass is 227 g/mol. The first kappa shape index (κ1) is 12.2. The summed E-state index contributed by atoms with van der Waals surface area (Å²) >= 11 is 0. The summed E-state index contributed by atoms with van der Waals surface area (Å²) in [7, 11) is 0. The molecule has 0 saturated carbocycles. The van der Waals surface area contributed by atoms with Crippen LogP contribution in [0.3, 0.4) is 0 Å². The predicted octanol–water partition coefficient (Wildman–Crippen LogP) is 1.55. The Kier molecular flexibility index (Phi) is 3.60. The Hall–Kier alpha value is -1.92. The fourth-order valence-corrected chi connectivity index (χ4v) is 1.27. The molecular formula is C9H13N3O4. The fourth-order valence-electron chi connectivity index (χ4n) is 1.27. The van der Waals surface area contributed by atoms with Gasteiger partial charge in [-0.25, -0.2) is 4.79 Å². The maximum atomic E-state index is 11.4. The highest BCUT2D eigenvalue weighted by molar-refractivity contribution is 5.92. The van der Waals surface area contributed by atoms with Crippen molar-refractivity contribution in [2.45, 2.75) is 26.8 Å². The molecule has 1 rings (SSSR count). The first-order chi connectivity index (χ1) is 7.49. The van der Waals surface area contributed by atoms with E-state index < -0.39 is 10.9 Å². The summed E-state index contributed by atoms with van der Waals surface area (Å²) in [6.07, 6.45) is 1.16. The van der Waals surface area contributed by atoms with Crippen molar-refractivity contribution in [2.75, 3.05) is 6.61 Å². The van der Waals surface area contributed by atoms with Gasteiger partial charge in [-0.15, -0.1) is 4.68 Å². The van der Waals surface area contributed by atoms with Gasteiger partial charge in [0.05, 0.1) is 12.8 Å². The number of ether oxygens (including phenoxy) is 1. The van der Waals surface area contributed by atoms with Crippen LogP contribution in [0.4, 0.5) is 5.82 Å². The van der Waals surface area contributed by atoms with E-state index in [9.17, 15) is 14.9 Å². The quantitative estimate of drug-likeness (QED) is 0.442. The van der Waals surface area contributed by atoms with E-state index in [1.165, 1.54) is 4.68 Å². The van der Waals surface area contributed by atoms with Gasteiger partial charge in [-0.3, -0.25) is 0 Å². The second kappa shape index (κ2) is 4.73. The molecule has 1 aromatic heterocycles. The van der Waals surface area contributed by atoms with E-state index in [2.05, 4.69) is 5.10 Å². The number of nitro groups is 1. The van der Waals surface area contributed by atoms with Crippen molar-refractivity contribution in [3.63, 3.8) is 0 Å². The van der Waals surface area contributed by atoms with Crippen molar-refractivity contribution in [3.8, 4) is 0 Å². The third-order valence-corrected chi connectivity index (χ3v) is 1.93. The van der Waals surface area contributed by atoms with Gasteiger partial charge in [0.15, 0.2) is 5.56 Å². The van der Waals surface area contributed by atoms with Crippen LogP contribution >= 0.6 is 0 Å². The summed E-state index contributed by atoms with van der Waals surface area (Å²) in [5.74, 6) is -1.05. The Morgan fingerprint density at radius 1 is 1.69 bits per heavy atom. The number of aromatic nitrogens is 2. The SMILES string of the molecule is CCOC(=O)c1cnn(C(C)C)c1[N+](=O)[O-]. The molecule has 0 radical (unpaired) electrons. The highest BCUT2D eigenvalue weighted by atomic mass is 16.6. The average molecular weight is 227 g/mol. The first-order valence-electron chi connectivity index (χ1n) is 4.88. The Morgan fingerprint density at radius 3 is 2.75 bits per heavy atom. The average Bonchev–Trinajstić information content (AvgIpc) is 2.61. The van der Waals surface area contributed by atoms with E-state index in [-0.39, 0.29) is 24.0 Å². The Balaban J connectivity index is 3.20. The lowest BCUT2D eigenvalue weighted by Crippen LogP contribution is -2.11. The minimum atomic E-state index is -0.721. The largest absolute Gasteiger partial charge is 0.462 e. The molecule has 0 aromatic carbocycles. The van der Waals surface area contributed by atoms with E-state index in [0.717, 1.165) is 6.20 Å². The number of carbonyl (C=O) groups is 1. The molecule has 1 aromatic rings. The summed E-state index contributed by atoms with van der Waals surface area (Å²) in [5.41, 5.74) is -0.111. The van der Waals surface area contributed by atoms with Crippen LogP contribution in [0, 0.1) is 10.1 Å². The van der Waals surface area contributed by atoms with Crippen LogP contribution in [-0.2, 0) is 4.74 Å². The predicted molar refractivity (Wildman–Crippen MR) is 55.2 cm³/mol. The molecular weight excluding hydrogens is 214 g/mol. The second-order valence-corrected chi connectivity index (χ2v) is 3.40. The van der Waals surface area contributed by atoms with E-state index >= 15 is 0 Å². The lowest BCUT2D eigenvalue weighted by molar-refractivity contribution is -0.393. The Labute approximate surface area is 92.2 Å². The summed E-state index contributed by atoms with van der Waals surface area (Å²) in [6, 6.07) is -0.191. The number of hydrogen-bond donors (Lipinski definition) is 0. The second-order valence-electron chi connectivity index (χ2n) is 3.40. The van der Waals surface area contributed by atoms with Gasteiger partial charge < -0.3 is 14.9 Å².